The van der Waals surface area contributed by atoms with Gasteiger partial charge >= 0.3 is 18.2 Å². The lowest BCUT2D eigenvalue weighted by molar-refractivity contribution is -0.187. The number of amides is 3. The Balaban J connectivity index is 2.48. The quantitative estimate of drug-likeness (QED) is 0.641. The van der Waals surface area contributed by atoms with E-state index in [1.165, 1.54) is 0 Å². The number of aliphatic carboxylic acids is 1. The molecule has 0 aliphatic carbocycles. The van der Waals surface area contributed by atoms with Gasteiger partial charge in [0.15, 0.2) is 0 Å². The van der Waals surface area contributed by atoms with Crippen molar-refractivity contribution in [3.8, 4) is 0 Å². The molecule has 1 heterocycles. The van der Waals surface area contributed by atoms with Gasteiger partial charge in [0.05, 0.1) is 11.8 Å². The molecule has 7 nitrogen and oxygen atoms in total. The average molecular weight is 339 g/mol. The Morgan fingerprint density at radius 1 is 1.17 bits per heavy atom. The monoisotopic (exact) mass is 339 g/mol. The van der Waals surface area contributed by atoms with Gasteiger partial charge in [-0.3, -0.25) is 9.59 Å². The number of rotatable bonds is 5. The number of nitrogens with zero attached hydrogens (tertiary/aromatic N) is 1. The number of carboxylic acid groups (broad SMARTS) is 1. The van der Waals surface area contributed by atoms with Crippen LogP contribution in [0, 0.1) is 17.8 Å². The second-order valence-corrected chi connectivity index (χ2v) is 5.68. The molecule has 0 spiro atoms. The van der Waals surface area contributed by atoms with Gasteiger partial charge < -0.3 is 20.6 Å². The molecule has 0 aromatic rings. The number of hydrogen-bond acceptors (Lipinski definition) is 3. The molecule has 0 radical (unpaired) electrons. The van der Waals surface area contributed by atoms with Crippen molar-refractivity contribution < 1.29 is 32.7 Å². The van der Waals surface area contributed by atoms with Crippen molar-refractivity contribution in [2.24, 2.45) is 17.8 Å². The predicted molar refractivity (Wildman–Crippen MR) is 73.5 cm³/mol. The normalized spacial score (nSPS) is 21.4. The third-order valence-corrected chi connectivity index (χ3v) is 3.57. The van der Waals surface area contributed by atoms with Crippen molar-refractivity contribution in [1.29, 1.82) is 0 Å². The summed E-state index contributed by atoms with van der Waals surface area (Å²) in [5, 5.41) is 13.8. The van der Waals surface area contributed by atoms with Crippen LogP contribution in [0.4, 0.5) is 18.0 Å². The fraction of sp³-hybridized carbons (Fsp3) is 0.769. The standard InChI is InChI=1S/C13H20F3N3O4/c1-7(2)10(20)17-3-4-18-12(23)19-5-8(11(21)22)9(6-19)13(14,15)16/h7-9H,3-6H2,1-2H3,(H,17,20)(H,18,23)(H,21,22)/t8-,9-/m1/s1. The first-order valence-electron chi connectivity index (χ1n) is 7.14. The SMILES string of the molecule is CC(C)C(=O)NCCNC(=O)N1C[C@@H](C(F)(F)F)[C@H](C(=O)O)C1. The minimum absolute atomic E-state index is 0.0439. The summed E-state index contributed by atoms with van der Waals surface area (Å²) in [6, 6.07) is -0.776. The average Bonchev–Trinajstić information content (AvgIpc) is 2.88. The number of urea groups is 1. The highest BCUT2D eigenvalue weighted by Crippen LogP contribution is 2.37. The zero-order valence-electron chi connectivity index (χ0n) is 12.8. The van der Waals surface area contributed by atoms with Crippen molar-refractivity contribution in [2.75, 3.05) is 26.2 Å². The molecule has 23 heavy (non-hydrogen) atoms. The first-order valence-corrected chi connectivity index (χ1v) is 7.14. The third-order valence-electron chi connectivity index (χ3n) is 3.57. The first kappa shape index (κ1) is 19.0. The van der Waals surface area contributed by atoms with E-state index < -0.39 is 43.1 Å². The number of halogens is 3. The second kappa shape index (κ2) is 7.51. The Morgan fingerprint density at radius 2 is 1.74 bits per heavy atom. The van der Waals surface area contributed by atoms with Crippen LogP contribution >= 0.6 is 0 Å². The van der Waals surface area contributed by atoms with Crippen LogP contribution in [0.3, 0.4) is 0 Å². The minimum Gasteiger partial charge on any atom is -0.481 e. The van der Waals surface area contributed by atoms with Crippen LogP contribution < -0.4 is 10.6 Å². The summed E-state index contributed by atoms with van der Waals surface area (Å²) in [6.07, 6.45) is -4.68. The van der Waals surface area contributed by atoms with Gasteiger partial charge in [-0.2, -0.15) is 13.2 Å². The number of carbonyl (C=O) groups is 3. The molecule has 10 heteroatoms. The summed E-state index contributed by atoms with van der Waals surface area (Å²) >= 11 is 0. The topological polar surface area (TPSA) is 98.7 Å². The van der Waals surface area contributed by atoms with Crippen LogP contribution in [0.2, 0.25) is 0 Å². The lowest BCUT2D eigenvalue weighted by Crippen LogP contribution is -2.43. The van der Waals surface area contributed by atoms with E-state index in [0.717, 1.165) is 4.90 Å². The Kier molecular flexibility index (Phi) is 6.22. The number of carboxylic acids is 1. The summed E-state index contributed by atoms with van der Waals surface area (Å²) < 4.78 is 38.4. The first-order chi connectivity index (χ1) is 10.5. The van der Waals surface area contributed by atoms with Gasteiger partial charge in [0.25, 0.3) is 0 Å². The van der Waals surface area contributed by atoms with Gasteiger partial charge in [-0.1, -0.05) is 13.8 Å². The van der Waals surface area contributed by atoms with Gasteiger partial charge in [-0.15, -0.1) is 0 Å². The van der Waals surface area contributed by atoms with Gasteiger partial charge in [-0.05, 0) is 0 Å². The van der Waals surface area contributed by atoms with Crippen LogP contribution in [0.1, 0.15) is 13.8 Å². The highest BCUT2D eigenvalue weighted by Gasteiger charge is 2.53. The van der Waals surface area contributed by atoms with Crippen LogP contribution in [-0.4, -0.2) is 60.3 Å². The van der Waals surface area contributed by atoms with Gasteiger partial charge in [-0.25, -0.2) is 4.79 Å². The fourth-order valence-electron chi connectivity index (χ4n) is 2.22. The van der Waals surface area contributed by atoms with E-state index in [4.69, 9.17) is 5.11 Å². The molecule has 1 aliphatic rings. The highest BCUT2D eigenvalue weighted by molar-refractivity contribution is 5.79. The molecule has 0 aromatic carbocycles. The third kappa shape index (κ3) is 5.29. The molecule has 0 bridgehead atoms. The lowest BCUT2D eigenvalue weighted by atomic mass is 9.96. The maximum Gasteiger partial charge on any atom is 0.394 e. The van der Waals surface area contributed by atoms with Crippen molar-refractivity contribution >= 4 is 17.9 Å². The van der Waals surface area contributed by atoms with E-state index in [9.17, 15) is 27.6 Å². The zero-order chi connectivity index (χ0) is 17.8. The van der Waals surface area contributed by atoms with E-state index in [0.29, 0.717) is 0 Å². The predicted octanol–water partition coefficient (Wildman–Crippen LogP) is 0.663. The van der Waals surface area contributed by atoms with Crippen molar-refractivity contribution in [1.82, 2.24) is 15.5 Å². The molecule has 1 fully saturated rings. The van der Waals surface area contributed by atoms with E-state index >= 15 is 0 Å². The number of nitrogens with one attached hydrogen (secondary N) is 2. The zero-order valence-corrected chi connectivity index (χ0v) is 12.8. The molecule has 3 N–H and O–H groups in total. The minimum atomic E-state index is -4.68. The van der Waals surface area contributed by atoms with E-state index in [1.807, 2.05) is 0 Å². The summed E-state index contributed by atoms with van der Waals surface area (Å²) in [6.45, 7) is 2.39. The maximum absolute atomic E-state index is 12.8. The molecular weight excluding hydrogens is 319 g/mol. The summed E-state index contributed by atoms with van der Waals surface area (Å²) in [5.74, 6) is -5.74. The van der Waals surface area contributed by atoms with Crippen molar-refractivity contribution in [2.45, 2.75) is 20.0 Å². The summed E-state index contributed by atoms with van der Waals surface area (Å²) in [5.41, 5.74) is 0. The van der Waals surface area contributed by atoms with Crippen LogP contribution in [0.5, 0.6) is 0 Å². The van der Waals surface area contributed by atoms with Gasteiger partial charge in [0, 0.05) is 32.1 Å². The number of carbonyl (C=O) groups excluding carboxylic acids is 2. The summed E-state index contributed by atoms with van der Waals surface area (Å²) in [4.78, 5) is 34.9. The molecule has 1 saturated heterocycles. The molecule has 0 saturated carbocycles. The Hall–Kier alpha value is -2.00. The smallest absolute Gasteiger partial charge is 0.394 e. The van der Waals surface area contributed by atoms with E-state index in [2.05, 4.69) is 10.6 Å². The lowest BCUT2D eigenvalue weighted by Gasteiger charge is -2.18. The molecule has 1 aliphatic heterocycles. The van der Waals surface area contributed by atoms with Crippen molar-refractivity contribution in [3.63, 3.8) is 0 Å². The molecule has 0 unspecified atom stereocenters. The molecular formula is C13H20F3N3O4. The maximum atomic E-state index is 12.8. The molecule has 1 rings (SSSR count). The van der Waals surface area contributed by atoms with Crippen LogP contribution in [-0.2, 0) is 9.59 Å². The Labute approximate surface area is 131 Å². The number of likely N-dealkylation sites (tertiary alicyclic amines) is 1. The highest BCUT2D eigenvalue weighted by atomic mass is 19.4. The molecule has 0 aromatic heterocycles. The Morgan fingerprint density at radius 3 is 2.17 bits per heavy atom. The fourth-order valence-corrected chi connectivity index (χ4v) is 2.22. The number of hydrogen-bond donors (Lipinski definition) is 3. The van der Waals surface area contributed by atoms with Crippen LogP contribution in [0.15, 0.2) is 0 Å². The number of alkyl halides is 3. The van der Waals surface area contributed by atoms with Gasteiger partial charge in [0.2, 0.25) is 5.91 Å². The van der Waals surface area contributed by atoms with Gasteiger partial charge in [0.1, 0.15) is 0 Å². The Bertz CT molecular complexity index is 468. The molecule has 132 valence electrons. The van der Waals surface area contributed by atoms with Crippen LogP contribution in [0.25, 0.3) is 0 Å². The summed E-state index contributed by atoms with van der Waals surface area (Å²) in [7, 11) is 0. The van der Waals surface area contributed by atoms with Crippen molar-refractivity contribution in [3.05, 3.63) is 0 Å². The molecule has 3 amide bonds. The molecule has 2 atom stereocenters. The van der Waals surface area contributed by atoms with E-state index in [-0.39, 0.29) is 24.9 Å². The van der Waals surface area contributed by atoms with E-state index in [1.54, 1.807) is 13.8 Å². The second-order valence-electron chi connectivity index (χ2n) is 5.68. The largest absolute Gasteiger partial charge is 0.481 e.